The topological polar surface area (TPSA) is 54.0 Å². The lowest BCUT2D eigenvalue weighted by molar-refractivity contribution is -0.125. The maximum absolute atomic E-state index is 13.2. The zero-order valence-corrected chi connectivity index (χ0v) is 18.3. The van der Waals surface area contributed by atoms with Gasteiger partial charge in [0, 0.05) is 44.2 Å². The molecule has 2 heterocycles. The van der Waals surface area contributed by atoms with E-state index in [1.54, 1.807) is 7.11 Å². The quantitative estimate of drug-likeness (QED) is 0.740. The van der Waals surface area contributed by atoms with Crippen LogP contribution in [0.4, 0.5) is 11.4 Å². The molecule has 4 rings (SSSR count). The van der Waals surface area contributed by atoms with Crippen molar-refractivity contribution in [1.82, 2.24) is 4.90 Å². The molecule has 0 bridgehead atoms. The van der Waals surface area contributed by atoms with E-state index in [1.165, 1.54) is 11.3 Å². The van der Waals surface area contributed by atoms with Gasteiger partial charge in [0.05, 0.1) is 25.7 Å². The van der Waals surface area contributed by atoms with E-state index in [0.717, 1.165) is 57.9 Å². The number of morpholine rings is 1. The number of ether oxygens (including phenoxy) is 2. The zero-order chi connectivity index (χ0) is 21.5. The van der Waals surface area contributed by atoms with Crippen LogP contribution in [-0.4, -0.2) is 63.4 Å². The minimum absolute atomic E-state index is 0.0755. The first kappa shape index (κ1) is 21.8. The number of piperidine rings is 1. The maximum Gasteiger partial charge on any atom is 0.229 e. The molecule has 2 aromatic carbocycles. The van der Waals surface area contributed by atoms with Crippen LogP contribution in [0.25, 0.3) is 0 Å². The average molecular weight is 424 g/mol. The van der Waals surface area contributed by atoms with Crippen molar-refractivity contribution in [3.8, 4) is 0 Å². The number of amides is 1. The number of anilines is 2. The van der Waals surface area contributed by atoms with Crippen molar-refractivity contribution >= 4 is 17.3 Å². The molecule has 1 amide bonds. The van der Waals surface area contributed by atoms with Crippen molar-refractivity contribution in [1.29, 1.82) is 0 Å². The maximum atomic E-state index is 13.2. The summed E-state index contributed by atoms with van der Waals surface area (Å²) in [5.74, 6) is -0.00438. The summed E-state index contributed by atoms with van der Waals surface area (Å²) in [5.41, 5.74) is 3.28. The number of hydrogen-bond donors (Lipinski definition) is 1. The molecule has 2 aliphatic rings. The van der Waals surface area contributed by atoms with E-state index in [-0.39, 0.29) is 17.9 Å². The van der Waals surface area contributed by atoms with Gasteiger partial charge in [-0.15, -0.1) is 0 Å². The number of carbonyl (C=O) groups is 1. The second kappa shape index (κ2) is 10.8. The molecule has 2 saturated heterocycles. The molecule has 2 atom stereocenters. The van der Waals surface area contributed by atoms with Crippen molar-refractivity contribution in [2.24, 2.45) is 5.92 Å². The fourth-order valence-corrected chi connectivity index (χ4v) is 4.65. The first-order chi connectivity index (χ1) is 15.2. The summed E-state index contributed by atoms with van der Waals surface area (Å²) in [6, 6.07) is 18.7. The summed E-state index contributed by atoms with van der Waals surface area (Å²) in [4.78, 5) is 17.9. The monoisotopic (exact) mass is 423 g/mol. The van der Waals surface area contributed by atoms with Gasteiger partial charge in [0.2, 0.25) is 5.91 Å². The standard InChI is InChI=1S/C25H33N3O3/c1-30-19-24-23(8-5-13-28(24)18-20-6-3-2-4-7-20)25(29)26-21-9-11-22(12-10-21)27-14-16-31-17-15-27/h2-4,6-7,9-12,23-24H,5,8,13-19H2,1H3,(H,26,29)/t23-,24-/m1/s1. The van der Waals surface area contributed by atoms with Crippen molar-refractivity contribution in [2.45, 2.75) is 25.4 Å². The van der Waals surface area contributed by atoms with Crippen LogP contribution in [0.15, 0.2) is 54.6 Å². The van der Waals surface area contributed by atoms with E-state index in [1.807, 2.05) is 18.2 Å². The van der Waals surface area contributed by atoms with Crippen LogP contribution in [0, 0.1) is 5.92 Å². The molecule has 0 unspecified atom stereocenters. The third kappa shape index (κ3) is 5.64. The summed E-state index contributed by atoms with van der Waals surface area (Å²) >= 11 is 0. The zero-order valence-electron chi connectivity index (χ0n) is 18.3. The van der Waals surface area contributed by atoms with Crippen LogP contribution >= 0.6 is 0 Å². The Morgan fingerprint density at radius 3 is 2.52 bits per heavy atom. The van der Waals surface area contributed by atoms with Crippen LogP contribution in [0.5, 0.6) is 0 Å². The lowest BCUT2D eigenvalue weighted by Crippen LogP contribution is -2.51. The molecule has 166 valence electrons. The van der Waals surface area contributed by atoms with Crippen LogP contribution in [0.2, 0.25) is 0 Å². The van der Waals surface area contributed by atoms with Crippen molar-refractivity contribution in [3.05, 3.63) is 60.2 Å². The second-order valence-corrected chi connectivity index (χ2v) is 8.36. The summed E-state index contributed by atoms with van der Waals surface area (Å²) in [5, 5.41) is 3.15. The van der Waals surface area contributed by atoms with Gasteiger partial charge in [-0.3, -0.25) is 9.69 Å². The first-order valence-corrected chi connectivity index (χ1v) is 11.2. The average Bonchev–Trinajstić information content (AvgIpc) is 2.82. The number of hydrogen-bond acceptors (Lipinski definition) is 5. The third-order valence-electron chi connectivity index (χ3n) is 6.31. The highest BCUT2D eigenvalue weighted by Crippen LogP contribution is 2.28. The summed E-state index contributed by atoms with van der Waals surface area (Å²) < 4.78 is 11.0. The summed E-state index contributed by atoms with van der Waals surface area (Å²) in [6.07, 6.45) is 1.90. The molecule has 0 radical (unpaired) electrons. The number of nitrogens with zero attached hydrogens (tertiary/aromatic N) is 2. The van der Waals surface area contributed by atoms with Gasteiger partial charge in [-0.2, -0.15) is 0 Å². The fourth-order valence-electron chi connectivity index (χ4n) is 4.65. The second-order valence-electron chi connectivity index (χ2n) is 8.36. The predicted octanol–water partition coefficient (Wildman–Crippen LogP) is 3.39. The van der Waals surface area contributed by atoms with E-state index in [2.05, 4.69) is 51.5 Å². The Hall–Kier alpha value is -2.41. The minimum Gasteiger partial charge on any atom is -0.383 e. The predicted molar refractivity (Wildman–Crippen MR) is 123 cm³/mol. The summed E-state index contributed by atoms with van der Waals surface area (Å²) in [6.45, 7) is 5.73. The summed E-state index contributed by atoms with van der Waals surface area (Å²) in [7, 11) is 1.72. The van der Waals surface area contributed by atoms with E-state index >= 15 is 0 Å². The Kier molecular flexibility index (Phi) is 7.57. The number of benzene rings is 2. The SMILES string of the molecule is COC[C@@H]1[C@H](C(=O)Nc2ccc(N3CCOCC3)cc2)CCCN1Cc1ccccc1. The van der Waals surface area contributed by atoms with Crippen LogP contribution in [0.1, 0.15) is 18.4 Å². The number of methoxy groups -OCH3 is 1. The Morgan fingerprint density at radius 1 is 1.06 bits per heavy atom. The molecule has 0 spiro atoms. The van der Waals surface area contributed by atoms with Gasteiger partial charge < -0.3 is 19.7 Å². The van der Waals surface area contributed by atoms with Crippen LogP contribution in [0.3, 0.4) is 0 Å². The number of carbonyl (C=O) groups excluding carboxylic acids is 1. The normalized spacial score (nSPS) is 22.3. The molecule has 2 aliphatic heterocycles. The van der Waals surface area contributed by atoms with E-state index in [4.69, 9.17) is 9.47 Å². The van der Waals surface area contributed by atoms with Gasteiger partial charge in [0.1, 0.15) is 0 Å². The largest absolute Gasteiger partial charge is 0.383 e. The number of rotatable bonds is 7. The van der Waals surface area contributed by atoms with Crippen molar-refractivity contribution in [3.63, 3.8) is 0 Å². The molecule has 6 heteroatoms. The fraction of sp³-hybridized carbons (Fsp3) is 0.480. The smallest absolute Gasteiger partial charge is 0.229 e. The van der Waals surface area contributed by atoms with E-state index in [0.29, 0.717) is 6.61 Å². The Balaban J connectivity index is 1.41. The highest BCUT2D eigenvalue weighted by molar-refractivity contribution is 5.93. The lowest BCUT2D eigenvalue weighted by Gasteiger charge is -2.40. The molecular formula is C25H33N3O3. The Labute approximate surface area is 185 Å². The third-order valence-corrected chi connectivity index (χ3v) is 6.31. The molecule has 2 aromatic rings. The highest BCUT2D eigenvalue weighted by atomic mass is 16.5. The van der Waals surface area contributed by atoms with Crippen LogP contribution < -0.4 is 10.2 Å². The van der Waals surface area contributed by atoms with Gasteiger partial charge >= 0.3 is 0 Å². The molecule has 31 heavy (non-hydrogen) atoms. The van der Waals surface area contributed by atoms with Gasteiger partial charge in [-0.25, -0.2) is 0 Å². The molecule has 1 N–H and O–H groups in total. The van der Waals surface area contributed by atoms with Crippen LogP contribution in [-0.2, 0) is 20.8 Å². The number of nitrogens with one attached hydrogen (secondary N) is 1. The number of likely N-dealkylation sites (tertiary alicyclic amines) is 1. The molecule has 2 fully saturated rings. The van der Waals surface area contributed by atoms with E-state index in [9.17, 15) is 4.79 Å². The molecule has 0 aliphatic carbocycles. The van der Waals surface area contributed by atoms with E-state index < -0.39 is 0 Å². The molecule has 0 saturated carbocycles. The van der Waals surface area contributed by atoms with Crippen molar-refractivity contribution in [2.75, 3.05) is 56.8 Å². The van der Waals surface area contributed by atoms with Crippen molar-refractivity contribution < 1.29 is 14.3 Å². The van der Waals surface area contributed by atoms with Gasteiger partial charge in [0.25, 0.3) is 0 Å². The lowest BCUT2D eigenvalue weighted by atomic mass is 9.88. The Morgan fingerprint density at radius 2 is 1.81 bits per heavy atom. The molecular weight excluding hydrogens is 390 g/mol. The van der Waals surface area contributed by atoms with Gasteiger partial charge in [-0.05, 0) is 49.2 Å². The highest BCUT2D eigenvalue weighted by Gasteiger charge is 2.36. The Bertz CT molecular complexity index is 822. The van der Waals surface area contributed by atoms with Gasteiger partial charge in [-0.1, -0.05) is 30.3 Å². The minimum atomic E-state index is -0.0867. The molecule has 0 aromatic heterocycles. The van der Waals surface area contributed by atoms with Gasteiger partial charge in [0.15, 0.2) is 0 Å². The molecule has 6 nitrogen and oxygen atoms in total. The first-order valence-electron chi connectivity index (χ1n) is 11.2.